The number of pyridine rings is 1. The number of benzene rings is 3. The van der Waals surface area contributed by atoms with E-state index in [9.17, 15) is 0 Å². The van der Waals surface area contributed by atoms with Crippen molar-refractivity contribution >= 4 is 28.9 Å². The quantitative estimate of drug-likeness (QED) is 0.251. The molecule has 0 bridgehead atoms. The average Bonchev–Trinajstić information content (AvgIpc) is 3.40. The lowest BCUT2D eigenvalue weighted by Gasteiger charge is -2.28. The molecule has 6 nitrogen and oxygen atoms in total. The van der Waals surface area contributed by atoms with Crippen LogP contribution in [-0.4, -0.2) is 42.2 Å². The van der Waals surface area contributed by atoms with Gasteiger partial charge < -0.3 is 9.64 Å². The van der Waals surface area contributed by atoms with Gasteiger partial charge in [0, 0.05) is 35.9 Å². The highest BCUT2D eigenvalue weighted by atomic mass is 32.1. The SMILES string of the molecule is C(=Nn1c(-c2ccc(-c3ccccc3)cc2)csc1=Nc1cccnc1)c1ccc(N2CCOCC2)cc1. The van der Waals surface area contributed by atoms with E-state index in [0.717, 1.165) is 53.6 Å². The summed E-state index contributed by atoms with van der Waals surface area (Å²) in [6.45, 7) is 3.39. The third kappa shape index (κ3) is 5.49. The highest BCUT2D eigenvalue weighted by Gasteiger charge is 2.11. The molecular formula is C31H27N5OS. The van der Waals surface area contributed by atoms with Crippen molar-refractivity contribution in [1.29, 1.82) is 0 Å². The fraction of sp³-hybridized carbons (Fsp3) is 0.129. The van der Waals surface area contributed by atoms with Crippen molar-refractivity contribution in [3.8, 4) is 22.4 Å². The molecule has 188 valence electrons. The first-order valence-electron chi connectivity index (χ1n) is 12.6. The molecule has 7 heteroatoms. The van der Waals surface area contributed by atoms with Crippen LogP contribution in [0.15, 0.2) is 119 Å². The molecule has 2 aromatic heterocycles. The van der Waals surface area contributed by atoms with Crippen LogP contribution in [0, 0.1) is 0 Å². The number of aromatic nitrogens is 2. The van der Waals surface area contributed by atoms with Gasteiger partial charge in [0.15, 0.2) is 0 Å². The molecule has 0 amide bonds. The highest BCUT2D eigenvalue weighted by Crippen LogP contribution is 2.26. The standard InChI is InChI=1S/C31H27N5OS/c1-2-5-25(6-3-1)26-10-12-27(13-11-26)30-23-38-31(34-28-7-4-16-32-22-28)36(30)33-21-24-8-14-29(15-9-24)35-17-19-37-20-18-35/h1-16,21-23H,17-20H2. The number of thiazole rings is 1. The lowest BCUT2D eigenvalue weighted by Crippen LogP contribution is -2.36. The van der Waals surface area contributed by atoms with Crippen molar-refractivity contribution in [2.75, 3.05) is 31.2 Å². The minimum absolute atomic E-state index is 0.774. The summed E-state index contributed by atoms with van der Waals surface area (Å²) < 4.78 is 7.39. The normalized spacial score (nSPS) is 14.3. The van der Waals surface area contributed by atoms with Crippen molar-refractivity contribution in [3.05, 3.63) is 119 Å². The predicted octanol–water partition coefficient (Wildman–Crippen LogP) is 6.23. The van der Waals surface area contributed by atoms with E-state index in [1.807, 2.05) is 29.1 Å². The fourth-order valence-corrected chi connectivity index (χ4v) is 5.25. The number of hydrogen-bond acceptors (Lipinski definition) is 6. The van der Waals surface area contributed by atoms with Gasteiger partial charge in [-0.05, 0) is 41.0 Å². The van der Waals surface area contributed by atoms with E-state index in [2.05, 4.69) is 88.1 Å². The number of nitrogens with zero attached hydrogens (tertiary/aromatic N) is 5. The Morgan fingerprint density at radius 1 is 0.789 bits per heavy atom. The number of morpholine rings is 1. The molecule has 3 aromatic carbocycles. The fourth-order valence-electron chi connectivity index (χ4n) is 4.40. The summed E-state index contributed by atoms with van der Waals surface area (Å²) in [4.78, 5) is 12.2. The van der Waals surface area contributed by atoms with Gasteiger partial charge in [0.1, 0.15) is 0 Å². The molecule has 0 spiro atoms. The molecule has 0 unspecified atom stereocenters. The molecule has 6 rings (SSSR count). The van der Waals surface area contributed by atoms with Gasteiger partial charge in [-0.15, -0.1) is 11.3 Å². The zero-order valence-corrected chi connectivity index (χ0v) is 21.7. The van der Waals surface area contributed by atoms with Crippen molar-refractivity contribution in [2.45, 2.75) is 0 Å². The largest absolute Gasteiger partial charge is 0.378 e. The van der Waals surface area contributed by atoms with E-state index in [0.29, 0.717) is 0 Å². The summed E-state index contributed by atoms with van der Waals surface area (Å²) in [5.41, 5.74) is 7.47. The molecule has 0 N–H and O–H groups in total. The van der Waals surface area contributed by atoms with Crippen molar-refractivity contribution < 1.29 is 4.74 Å². The Morgan fingerprint density at radius 3 is 2.26 bits per heavy atom. The molecule has 1 aliphatic heterocycles. The maximum absolute atomic E-state index is 5.48. The van der Waals surface area contributed by atoms with Crippen molar-refractivity contribution in [3.63, 3.8) is 0 Å². The summed E-state index contributed by atoms with van der Waals surface area (Å²) in [6.07, 6.45) is 5.40. The van der Waals surface area contributed by atoms with Crippen LogP contribution >= 0.6 is 11.3 Å². The van der Waals surface area contributed by atoms with Gasteiger partial charge >= 0.3 is 0 Å². The molecule has 0 saturated carbocycles. The number of anilines is 1. The summed E-state index contributed by atoms with van der Waals surface area (Å²) >= 11 is 1.56. The molecule has 38 heavy (non-hydrogen) atoms. The molecule has 0 radical (unpaired) electrons. The first-order chi connectivity index (χ1) is 18.8. The van der Waals surface area contributed by atoms with E-state index in [1.54, 1.807) is 23.7 Å². The molecule has 1 fully saturated rings. The molecule has 0 atom stereocenters. The zero-order chi connectivity index (χ0) is 25.6. The Balaban J connectivity index is 1.34. The number of rotatable bonds is 6. The van der Waals surface area contributed by atoms with Gasteiger partial charge in [-0.1, -0.05) is 66.7 Å². The Bertz CT molecular complexity index is 1570. The molecular weight excluding hydrogens is 490 g/mol. The summed E-state index contributed by atoms with van der Waals surface area (Å²) in [5, 5.41) is 6.99. The molecule has 0 aliphatic carbocycles. The topological polar surface area (TPSA) is 55.0 Å². The van der Waals surface area contributed by atoms with E-state index >= 15 is 0 Å². The third-order valence-electron chi connectivity index (χ3n) is 6.44. The maximum atomic E-state index is 5.48. The Morgan fingerprint density at radius 2 is 1.53 bits per heavy atom. The molecule has 3 heterocycles. The van der Waals surface area contributed by atoms with E-state index < -0.39 is 0 Å². The van der Waals surface area contributed by atoms with Crippen LogP contribution < -0.4 is 9.70 Å². The van der Waals surface area contributed by atoms with E-state index in [1.165, 1.54) is 16.8 Å². The third-order valence-corrected chi connectivity index (χ3v) is 7.25. The Labute approximate surface area is 225 Å². The predicted molar refractivity (Wildman–Crippen MR) is 155 cm³/mol. The van der Waals surface area contributed by atoms with Crippen LogP contribution in [0.25, 0.3) is 22.4 Å². The molecule has 1 saturated heterocycles. The summed E-state index contributed by atoms with van der Waals surface area (Å²) in [6, 6.07) is 31.3. The highest BCUT2D eigenvalue weighted by molar-refractivity contribution is 7.07. The molecule has 5 aromatic rings. The van der Waals surface area contributed by atoms with Crippen molar-refractivity contribution in [2.24, 2.45) is 10.1 Å². The smallest absolute Gasteiger partial charge is 0.211 e. The summed E-state index contributed by atoms with van der Waals surface area (Å²) in [7, 11) is 0. The first-order valence-corrected chi connectivity index (χ1v) is 13.5. The van der Waals surface area contributed by atoms with Crippen LogP contribution in [0.4, 0.5) is 11.4 Å². The van der Waals surface area contributed by atoms with Gasteiger partial charge in [0.2, 0.25) is 4.80 Å². The second-order valence-electron chi connectivity index (χ2n) is 8.92. The van der Waals surface area contributed by atoms with Gasteiger partial charge in [0.05, 0.1) is 37.0 Å². The van der Waals surface area contributed by atoms with Crippen LogP contribution in [0.3, 0.4) is 0 Å². The first kappa shape index (κ1) is 24.0. The zero-order valence-electron chi connectivity index (χ0n) is 20.9. The van der Waals surface area contributed by atoms with Gasteiger partial charge in [-0.2, -0.15) is 5.10 Å². The maximum Gasteiger partial charge on any atom is 0.211 e. The number of ether oxygens (including phenoxy) is 1. The van der Waals surface area contributed by atoms with E-state index in [4.69, 9.17) is 14.8 Å². The summed E-state index contributed by atoms with van der Waals surface area (Å²) in [5.74, 6) is 0. The van der Waals surface area contributed by atoms with Gasteiger partial charge in [-0.3, -0.25) is 4.98 Å². The second-order valence-corrected chi connectivity index (χ2v) is 9.75. The van der Waals surface area contributed by atoms with Crippen LogP contribution in [0.1, 0.15) is 5.56 Å². The van der Waals surface area contributed by atoms with Crippen LogP contribution in [-0.2, 0) is 4.74 Å². The van der Waals surface area contributed by atoms with Gasteiger partial charge in [-0.25, -0.2) is 9.67 Å². The van der Waals surface area contributed by atoms with Gasteiger partial charge in [0.25, 0.3) is 0 Å². The minimum Gasteiger partial charge on any atom is -0.378 e. The minimum atomic E-state index is 0.774. The van der Waals surface area contributed by atoms with Crippen molar-refractivity contribution in [1.82, 2.24) is 9.66 Å². The second kappa shape index (κ2) is 11.4. The molecule has 1 aliphatic rings. The average molecular weight is 518 g/mol. The Kier molecular flexibility index (Phi) is 7.19. The lowest BCUT2D eigenvalue weighted by atomic mass is 10.0. The Hall–Kier alpha value is -4.33. The number of hydrogen-bond donors (Lipinski definition) is 0. The van der Waals surface area contributed by atoms with E-state index in [-0.39, 0.29) is 0 Å². The lowest BCUT2D eigenvalue weighted by molar-refractivity contribution is 0.122. The van der Waals surface area contributed by atoms with Crippen LogP contribution in [0.2, 0.25) is 0 Å². The van der Waals surface area contributed by atoms with Crippen LogP contribution in [0.5, 0.6) is 0 Å². The monoisotopic (exact) mass is 517 g/mol.